The second-order valence-electron chi connectivity index (χ2n) is 8.51. The van der Waals surface area contributed by atoms with Crippen molar-refractivity contribution in [2.45, 2.75) is 51.0 Å². The van der Waals surface area contributed by atoms with E-state index in [0.29, 0.717) is 24.3 Å². The number of nitrogens with zero attached hydrogens (tertiary/aromatic N) is 2. The van der Waals surface area contributed by atoms with Crippen molar-refractivity contribution in [3.8, 4) is 0 Å². The molecule has 1 saturated heterocycles. The maximum Gasteiger partial charge on any atom is 0.243 e. The molecule has 0 spiro atoms. The van der Waals surface area contributed by atoms with Crippen LogP contribution in [0.1, 0.15) is 36.5 Å². The zero-order valence-electron chi connectivity index (χ0n) is 17.6. The molecule has 0 N–H and O–H groups in total. The first kappa shape index (κ1) is 21.5. The Balaban J connectivity index is 1.59. The summed E-state index contributed by atoms with van der Waals surface area (Å²) in [6, 6.07) is 11.6. The number of benzene rings is 2. The van der Waals surface area contributed by atoms with Gasteiger partial charge in [-0.25, -0.2) is 8.42 Å². The molecule has 2 aromatic rings. The van der Waals surface area contributed by atoms with E-state index in [1.54, 1.807) is 6.07 Å². The number of sulfonamides is 1. The lowest BCUT2D eigenvalue weighted by Crippen LogP contribution is -2.48. The number of hydrogen-bond acceptors (Lipinski definition) is 3. The van der Waals surface area contributed by atoms with Crippen molar-refractivity contribution >= 4 is 37.5 Å². The Morgan fingerprint density at radius 1 is 1.13 bits per heavy atom. The monoisotopic (exact) mass is 490 g/mol. The summed E-state index contributed by atoms with van der Waals surface area (Å²) in [4.78, 5) is 15.7. The van der Waals surface area contributed by atoms with Crippen LogP contribution in [0.25, 0.3) is 0 Å². The molecule has 0 aliphatic carbocycles. The molecule has 160 valence electrons. The van der Waals surface area contributed by atoms with E-state index >= 15 is 0 Å². The topological polar surface area (TPSA) is 57.7 Å². The highest BCUT2D eigenvalue weighted by molar-refractivity contribution is 9.10. The lowest BCUT2D eigenvalue weighted by Gasteiger charge is -2.35. The van der Waals surface area contributed by atoms with E-state index < -0.39 is 10.0 Å². The van der Waals surface area contributed by atoms with Crippen LogP contribution in [0.4, 0.5) is 5.69 Å². The van der Waals surface area contributed by atoms with E-state index in [9.17, 15) is 13.2 Å². The Hall–Kier alpha value is -1.70. The van der Waals surface area contributed by atoms with Gasteiger partial charge in [-0.2, -0.15) is 4.31 Å². The third kappa shape index (κ3) is 3.83. The van der Waals surface area contributed by atoms with Gasteiger partial charge in [0.15, 0.2) is 0 Å². The molecule has 0 aromatic heterocycles. The molecule has 5 nitrogen and oxygen atoms in total. The van der Waals surface area contributed by atoms with Gasteiger partial charge < -0.3 is 4.90 Å². The van der Waals surface area contributed by atoms with Crippen LogP contribution in [0.2, 0.25) is 0 Å². The molecule has 1 fully saturated rings. The number of hydrogen-bond donors (Lipinski definition) is 0. The Kier molecular flexibility index (Phi) is 5.81. The van der Waals surface area contributed by atoms with E-state index in [-0.39, 0.29) is 24.4 Å². The van der Waals surface area contributed by atoms with E-state index in [2.05, 4.69) is 28.9 Å². The van der Waals surface area contributed by atoms with Crippen molar-refractivity contribution in [1.82, 2.24) is 4.31 Å². The Morgan fingerprint density at radius 3 is 2.67 bits per heavy atom. The summed E-state index contributed by atoms with van der Waals surface area (Å²) in [6.07, 6.45) is 2.22. The van der Waals surface area contributed by atoms with E-state index in [4.69, 9.17) is 0 Å². The Morgan fingerprint density at radius 2 is 1.90 bits per heavy atom. The highest BCUT2D eigenvalue weighted by Gasteiger charge is 2.39. The fraction of sp³-hybridized carbons (Fsp3) is 0.435. The lowest BCUT2D eigenvalue weighted by atomic mass is 9.97. The van der Waals surface area contributed by atoms with Crippen LogP contribution >= 0.6 is 15.9 Å². The zero-order valence-corrected chi connectivity index (χ0v) is 20.0. The number of carbonyl (C=O) groups is 1. The quantitative estimate of drug-likeness (QED) is 0.638. The minimum absolute atomic E-state index is 0.0319. The Labute approximate surface area is 187 Å². The predicted molar refractivity (Wildman–Crippen MR) is 122 cm³/mol. The molecule has 2 aromatic carbocycles. The fourth-order valence-corrected chi connectivity index (χ4v) is 6.86. The van der Waals surface area contributed by atoms with Crippen molar-refractivity contribution in [1.29, 1.82) is 0 Å². The van der Waals surface area contributed by atoms with Gasteiger partial charge in [0.25, 0.3) is 0 Å². The summed E-state index contributed by atoms with van der Waals surface area (Å²) in [5, 5.41) is 0. The van der Waals surface area contributed by atoms with Crippen molar-refractivity contribution in [3.63, 3.8) is 0 Å². The summed E-state index contributed by atoms with van der Waals surface area (Å²) in [6.45, 7) is 6.47. The third-order valence-electron chi connectivity index (χ3n) is 6.19. The highest BCUT2D eigenvalue weighted by Crippen LogP contribution is 2.36. The first-order chi connectivity index (χ1) is 14.2. The molecular weight excluding hydrogens is 464 g/mol. The molecule has 2 aliphatic rings. The van der Waals surface area contributed by atoms with Crippen LogP contribution in [0, 0.1) is 19.8 Å². The number of piperidine rings is 1. The molecule has 30 heavy (non-hydrogen) atoms. The molecule has 1 amide bonds. The van der Waals surface area contributed by atoms with Gasteiger partial charge in [-0.1, -0.05) is 28.1 Å². The van der Waals surface area contributed by atoms with Gasteiger partial charge in [0.2, 0.25) is 15.9 Å². The number of halogens is 1. The second kappa shape index (κ2) is 8.09. The molecule has 2 unspecified atom stereocenters. The zero-order chi connectivity index (χ0) is 21.6. The van der Waals surface area contributed by atoms with Crippen LogP contribution in [-0.4, -0.2) is 37.8 Å². The minimum Gasteiger partial charge on any atom is -0.309 e. The maximum atomic E-state index is 13.5. The number of amides is 1. The van der Waals surface area contributed by atoms with Crippen molar-refractivity contribution < 1.29 is 13.2 Å². The smallest absolute Gasteiger partial charge is 0.243 e. The molecule has 0 radical (unpaired) electrons. The highest BCUT2D eigenvalue weighted by atomic mass is 79.9. The van der Waals surface area contributed by atoms with E-state index in [1.165, 1.54) is 4.31 Å². The van der Waals surface area contributed by atoms with Gasteiger partial charge in [0, 0.05) is 29.3 Å². The molecule has 0 bridgehead atoms. The number of rotatable bonds is 3. The maximum absolute atomic E-state index is 13.5. The Bertz CT molecular complexity index is 1100. The van der Waals surface area contributed by atoms with Crippen molar-refractivity contribution in [3.05, 3.63) is 57.6 Å². The van der Waals surface area contributed by atoms with E-state index in [1.807, 2.05) is 43.0 Å². The number of anilines is 1. The minimum atomic E-state index is -3.63. The van der Waals surface area contributed by atoms with Gasteiger partial charge in [-0.3, -0.25) is 4.79 Å². The normalized spacial score (nSPS) is 22.2. The summed E-state index contributed by atoms with van der Waals surface area (Å²) in [5.74, 6) is -0.292. The average molecular weight is 491 g/mol. The van der Waals surface area contributed by atoms with Gasteiger partial charge in [0.1, 0.15) is 0 Å². The number of carbonyl (C=O) groups excluding carboxylic acids is 1. The average Bonchev–Trinajstić information content (AvgIpc) is 3.04. The molecule has 2 aliphatic heterocycles. The van der Waals surface area contributed by atoms with Crippen molar-refractivity contribution in [2.75, 3.05) is 18.0 Å². The summed E-state index contributed by atoms with van der Waals surface area (Å²) in [5.41, 5.74) is 3.75. The van der Waals surface area contributed by atoms with Crippen LogP contribution in [0.5, 0.6) is 0 Å². The standard InChI is InChI=1S/C23H27BrN2O3S/c1-15-6-7-16(2)22(11-15)30(28,29)25-10-4-5-18(14-25)23(27)26-17(3)12-19-13-20(24)8-9-21(19)26/h6-9,11,13,17-18H,4-5,10,12,14H2,1-3H3. The lowest BCUT2D eigenvalue weighted by molar-refractivity contribution is -0.123. The molecule has 2 heterocycles. The number of aryl methyl sites for hydroxylation is 2. The van der Waals surface area contributed by atoms with Gasteiger partial charge in [-0.15, -0.1) is 0 Å². The van der Waals surface area contributed by atoms with Crippen LogP contribution in [0.15, 0.2) is 45.8 Å². The first-order valence-electron chi connectivity index (χ1n) is 10.4. The largest absolute Gasteiger partial charge is 0.309 e. The summed E-state index contributed by atoms with van der Waals surface area (Å²) >= 11 is 3.50. The fourth-order valence-electron chi connectivity index (χ4n) is 4.62. The van der Waals surface area contributed by atoms with Gasteiger partial charge >= 0.3 is 0 Å². The summed E-state index contributed by atoms with van der Waals surface area (Å²) < 4.78 is 29.2. The predicted octanol–water partition coefficient (Wildman–Crippen LogP) is 4.44. The first-order valence-corrected chi connectivity index (χ1v) is 12.6. The number of fused-ring (bicyclic) bond motifs is 1. The molecule has 7 heteroatoms. The second-order valence-corrected chi connectivity index (χ2v) is 11.3. The van der Waals surface area contributed by atoms with Crippen LogP contribution in [-0.2, 0) is 21.2 Å². The van der Waals surface area contributed by atoms with Gasteiger partial charge in [-0.05, 0) is 81.0 Å². The SMILES string of the molecule is Cc1ccc(C)c(S(=O)(=O)N2CCCC(C(=O)N3c4ccc(Br)cc4CC3C)C2)c1. The molecular formula is C23H27BrN2O3S. The van der Waals surface area contributed by atoms with Crippen LogP contribution in [0.3, 0.4) is 0 Å². The van der Waals surface area contributed by atoms with Crippen LogP contribution < -0.4 is 4.90 Å². The third-order valence-corrected chi connectivity index (χ3v) is 8.69. The van der Waals surface area contributed by atoms with Gasteiger partial charge in [0.05, 0.1) is 10.8 Å². The molecule has 2 atom stereocenters. The molecule has 0 saturated carbocycles. The molecule has 4 rings (SSSR count). The summed E-state index contributed by atoms with van der Waals surface area (Å²) in [7, 11) is -3.63. The van der Waals surface area contributed by atoms with Crippen molar-refractivity contribution in [2.24, 2.45) is 5.92 Å². The van der Waals surface area contributed by atoms with E-state index in [0.717, 1.165) is 33.3 Å².